The number of carbonyl (C=O) groups is 1. The van der Waals surface area contributed by atoms with Crippen LogP contribution in [0.3, 0.4) is 0 Å². The molecule has 5 rings (SSSR count). The van der Waals surface area contributed by atoms with E-state index >= 15 is 0 Å². The molecule has 31 heavy (non-hydrogen) atoms. The van der Waals surface area contributed by atoms with E-state index in [2.05, 4.69) is 10.1 Å². The van der Waals surface area contributed by atoms with Crippen LogP contribution in [0.2, 0.25) is 0 Å². The van der Waals surface area contributed by atoms with Crippen molar-refractivity contribution in [2.75, 3.05) is 27.0 Å². The summed E-state index contributed by atoms with van der Waals surface area (Å²) in [6.07, 6.45) is 1.92. The molecule has 1 aromatic heterocycles. The third kappa shape index (κ3) is 3.93. The molecule has 0 spiro atoms. The van der Waals surface area contributed by atoms with Crippen molar-refractivity contribution in [1.82, 2.24) is 15.0 Å². The van der Waals surface area contributed by atoms with E-state index in [1.54, 1.807) is 7.11 Å². The smallest absolute Gasteiger partial charge is 0.231 e. The standard InChI is InChI=1S/C23H23N3O5/c1-28-18-5-3-2-4-16(18)13-21(27)26-10-8-15(9-11-26)23-24-22(25-31-23)17-6-7-19-20(12-17)30-14-29-19/h2-7,12,15H,8-11,13-14H2,1H3. The van der Waals surface area contributed by atoms with Gasteiger partial charge < -0.3 is 23.6 Å². The van der Waals surface area contributed by atoms with Crippen LogP contribution in [0.4, 0.5) is 0 Å². The lowest BCUT2D eigenvalue weighted by Gasteiger charge is -2.30. The molecule has 2 aromatic carbocycles. The Morgan fingerprint density at radius 2 is 1.94 bits per heavy atom. The Morgan fingerprint density at radius 1 is 1.13 bits per heavy atom. The molecule has 0 bridgehead atoms. The highest BCUT2D eigenvalue weighted by Gasteiger charge is 2.28. The van der Waals surface area contributed by atoms with E-state index in [4.69, 9.17) is 18.7 Å². The van der Waals surface area contributed by atoms with Crippen LogP contribution in [0.5, 0.6) is 17.2 Å². The van der Waals surface area contributed by atoms with Crippen LogP contribution in [-0.4, -0.2) is 47.9 Å². The molecule has 0 aliphatic carbocycles. The molecule has 8 nitrogen and oxygen atoms in total. The van der Waals surface area contributed by atoms with Gasteiger partial charge in [-0.2, -0.15) is 4.98 Å². The Balaban J connectivity index is 1.21. The zero-order chi connectivity index (χ0) is 21.2. The highest BCUT2D eigenvalue weighted by molar-refractivity contribution is 5.79. The van der Waals surface area contributed by atoms with Crippen molar-refractivity contribution < 1.29 is 23.5 Å². The lowest BCUT2D eigenvalue weighted by Crippen LogP contribution is -2.38. The molecule has 1 saturated heterocycles. The third-order valence-corrected chi connectivity index (χ3v) is 5.80. The van der Waals surface area contributed by atoms with Crippen LogP contribution in [0.15, 0.2) is 47.0 Å². The van der Waals surface area contributed by atoms with Gasteiger partial charge in [-0.1, -0.05) is 23.4 Å². The average Bonchev–Trinajstić information content (AvgIpc) is 3.49. The lowest BCUT2D eigenvalue weighted by atomic mass is 9.96. The number of aromatic nitrogens is 2. The Hall–Kier alpha value is -3.55. The van der Waals surface area contributed by atoms with Gasteiger partial charge in [0.05, 0.1) is 13.5 Å². The normalized spacial score (nSPS) is 15.8. The number of para-hydroxylation sites is 1. The summed E-state index contributed by atoms with van der Waals surface area (Å²) in [4.78, 5) is 19.3. The fourth-order valence-electron chi connectivity index (χ4n) is 4.05. The van der Waals surface area contributed by atoms with E-state index in [0.29, 0.717) is 37.0 Å². The topological polar surface area (TPSA) is 86.9 Å². The Bertz CT molecular complexity index is 1090. The van der Waals surface area contributed by atoms with Gasteiger partial charge in [0.25, 0.3) is 0 Å². The summed E-state index contributed by atoms with van der Waals surface area (Å²) in [7, 11) is 1.62. The molecular weight excluding hydrogens is 398 g/mol. The number of ether oxygens (including phenoxy) is 3. The molecule has 3 aromatic rings. The maximum absolute atomic E-state index is 12.8. The zero-order valence-corrected chi connectivity index (χ0v) is 17.2. The molecular formula is C23H23N3O5. The monoisotopic (exact) mass is 421 g/mol. The molecule has 8 heteroatoms. The molecule has 2 aliphatic rings. The number of hydrogen-bond acceptors (Lipinski definition) is 7. The van der Waals surface area contributed by atoms with Crippen molar-refractivity contribution in [3.8, 4) is 28.6 Å². The van der Waals surface area contributed by atoms with Crippen molar-refractivity contribution in [1.29, 1.82) is 0 Å². The summed E-state index contributed by atoms with van der Waals surface area (Å²) < 4.78 is 21.7. The minimum Gasteiger partial charge on any atom is -0.496 e. The average molecular weight is 421 g/mol. The number of benzene rings is 2. The van der Waals surface area contributed by atoms with Crippen molar-refractivity contribution >= 4 is 5.91 Å². The highest BCUT2D eigenvalue weighted by atomic mass is 16.7. The molecule has 1 amide bonds. The van der Waals surface area contributed by atoms with Gasteiger partial charge in [0, 0.05) is 30.1 Å². The maximum atomic E-state index is 12.8. The van der Waals surface area contributed by atoms with Gasteiger partial charge in [0.2, 0.25) is 24.4 Å². The van der Waals surface area contributed by atoms with Crippen LogP contribution >= 0.6 is 0 Å². The van der Waals surface area contributed by atoms with Gasteiger partial charge in [-0.05, 0) is 37.1 Å². The van der Waals surface area contributed by atoms with Crippen LogP contribution in [-0.2, 0) is 11.2 Å². The molecule has 160 valence electrons. The van der Waals surface area contributed by atoms with Crippen LogP contribution in [0.25, 0.3) is 11.4 Å². The number of piperidine rings is 1. The molecule has 0 N–H and O–H groups in total. The Morgan fingerprint density at radius 3 is 2.77 bits per heavy atom. The van der Waals surface area contributed by atoms with Gasteiger partial charge in [-0.25, -0.2) is 0 Å². The van der Waals surface area contributed by atoms with Crippen LogP contribution in [0.1, 0.15) is 30.2 Å². The summed E-state index contributed by atoms with van der Waals surface area (Å²) in [6, 6.07) is 13.2. The predicted octanol–water partition coefficient (Wildman–Crippen LogP) is 3.42. The molecule has 3 heterocycles. The van der Waals surface area contributed by atoms with E-state index < -0.39 is 0 Å². The third-order valence-electron chi connectivity index (χ3n) is 5.80. The van der Waals surface area contributed by atoms with Crippen LogP contribution in [0, 0.1) is 0 Å². The molecule has 0 saturated carbocycles. The second-order valence-corrected chi connectivity index (χ2v) is 7.67. The molecule has 0 atom stereocenters. The number of rotatable bonds is 5. The fraction of sp³-hybridized carbons (Fsp3) is 0.348. The number of methoxy groups -OCH3 is 1. The summed E-state index contributed by atoms with van der Waals surface area (Å²) in [5, 5.41) is 4.14. The minimum absolute atomic E-state index is 0.106. The highest BCUT2D eigenvalue weighted by Crippen LogP contribution is 2.36. The zero-order valence-electron chi connectivity index (χ0n) is 17.2. The van der Waals surface area contributed by atoms with E-state index in [1.807, 2.05) is 47.4 Å². The number of fused-ring (bicyclic) bond motifs is 1. The summed E-state index contributed by atoms with van der Waals surface area (Å²) in [6.45, 7) is 1.56. The van der Waals surface area contributed by atoms with Gasteiger partial charge in [0.1, 0.15) is 5.75 Å². The minimum atomic E-state index is 0.106. The van der Waals surface area contributed by atoms with E-state index in [-0.39, 0.29) is 18.6 Å². The quantitative estimate of drug-likeness (QED) is 0.624. The van der Waals surface area contributed by atoms with Gasteiger partial charge in [0.15, 0.2) is 11.5 Å². The van der Waals surface area contributed by atoms with Crippen molar-refractivity contribution in [2.45, 2.75) is 25.2 Å². The first kappa shape index (κ1) is 19.4. The number of likely N-dealkylation sites (tertiary alicyclic amines) is 1. The largest absolute Gasteiger partial charge is 0.496 e. The van der Waals surface area contributed by atoms with Crippen molar-refractivity contribution in [3.05, 3.63) is 53.9 Å². The first-order chi connectivity index (χ1) is 15.2. The summed E-state index contributed by atoms with van der Waals surface area (Å²) in [5.41, 5.74) is 1.73. The van der Waals surface area contributed by atoms with Crippen LogP contribution < -0.4 is 14.2 Å². The number of nitrogens with zero attached hydrogens (tertiary/aromatic N) is 3. The molecule has 0 unspecified atom stereocenters. The summed E-state index contributed by atoms with van der Waals surface area (Å²) >= 11 is 0. The van der Waals surface area contributed by atoms with Gasteiger partial charge in [-0.15, -0.1) is 0 Å². The first-order valence-corrected chi connectivity index (χ1v) is 10.3. The van der Waals surface area contributed by atoms with Crippen molar-refractivity contribution in [3.63, 3.8) is 0 Å². The molecule has 1 fully saturated rings. The second-order valence-electron chi connectivity index (χ2n) is 7.67. The summed E-state index contributed by atoms with van der Waals surface area (Å²) in [5.74, 6) is 3.54. The lowest BCUT2D eigenvalue weighted by molar-refractivity contribution is -0.131. The SMILES string of the molecule is COc1ccccc1CC(=O)N1CCC(c2nc(-c3ccc4c(c3)OCO4)no2)CC1. The Kier molecular flexibility index (Phi) is 5.19. The number of carbonyl (C=O) groups excluding carboxylic acids is 1. The Labute approximate surface area is 179 Å². The van der Waals surface area contributed by atoms with E-state index in [1.165, 1.54) is 0 Å². The van der Waals surface area contributed by atoms with E-state index in [0.717, 1.165) is 35.5 Å². The first-order valence-electron chi connectivity index (χ1n) is 10.3. The van der Waals surface area contributed by atoms with Gasteiger partial charge in [-0.3, -0.25) is 4.79 Å². The van der Waals surface area contributed by atoms with E-state index in [9.17, 15) is 4.79 Å². The second kappa shape index (κ2) is 8.29. The predicted molar refractivity (Wildman–Crippen MR) is 111 cm³/mol. The number of hydrogen-bond donors (Lipinski definition) is 0. The number of amides is 1. The molecule has 2 aliphatic heterocycles. The fourth-order valence-corrected chi connectivity index (χ4v) is 4.05. The van der Waals surface area contributed by atoms with Crippen molar-refractivity contribution in [2.24, 2.45) is 0 Å². The molecule has 0 radical (unpaired) electrons. The maximum Gasteiger partial charge on any atom is 0.231 e. The van der Waals surface area contributed by atoms with Gasteiger partial charge >= 0.3 is 0 Å².